The van der Waals surface area contributed by atoms with E-state index < -0.39 is 0 Å². The minimum atomic E-state index is 0. The summed E-state index contributed by atoms with van der Waals surface area (Å²) < 4.78 is 0. The van der Waals surface area contributed by atoms with Gasteiger partial charge < -0.3 is 9.78 Å². The monoisotopic (exact) mass is 209 g/mol. The average Bonchev–Trinajstić information content (AvgIpc) is 1.90. The van der Waals surface area contributed by atoms with Crippen LogP contribution in [0.4, 0.5) is 0 Å². The summed E-state index contributed by atoms with van der Waals surface area (Å²) in [6, 6.07) is 4.99. The van der Waals surface area contributed by atoms with Crippen LogP contribution in [0.25, 0.3) is 0 Å². The summed E-state index contributed by atoms with van der Waals surface area (Å²) in [5.41, 5.74) is 0.424. The number of rotatable bonds is 1. The zero-order valence-electron chi connectivity index (χ0n) is 4.50. The minimum absolute atomic E-state index is 0. The van der Waals surface area contributed by atoms with Gasteiger partial charge in [-0.15, -0.1) is 6.07 Å². The van der Waals surface area contributed by atoms with Gasteiger partial charge in [0.15, 0.2) is 0 Å². The molecule has 0 aliphatic rings. The van der Waals surface area contributed by atoms with Crippen LogP contribution in [0.5, 0.6) is 0 Å². The van der Waals surface area contributed by atoms with Crippen LogP contribution in [0.15, 0.2) is 18.2 Å². The number of carbonyl (C=O) groups is 1. The number of carbonyl (C=O) groups excluding carboxylic acids is 1. The van der Waals surface area contributed by atoms with Crippen molar-refractivity contribution in [3.8, 4) is 0 Å². The van der Waals surface area contributed by atoms with E-state index in [1.54, 1.807) is 18.2 Å². The van der Waals surface area contributed by atoms with E-state index >= 15 is 0 Å². The first-order valence-electron chi connectivity index (χ1n) is 2.22. The second-order valence-electron chi connectivity index (χ2n) is 1.31. The van der Waals surface area contributed by atoms with Crippen LogP contribution in [0.1, 0.15) is 10.5 Å². The van der Waals surface area contributed by atoms with Gasteiger partial charge in [0.25, 0.3) is 0 Å². The molecule has 0 spiro atoms. The van der Waals surface area contributed by atoms with Crippen LogP contribution >= 0.6 is 0 Å². The Morgan fingerprint density at radius 1 is 1.67 bits per heavy atom. The van der Waals surface area contributed by atoms with Crippen molar-refractivity contribution in [1.82, 2.24) is 4.98 Å². The summed E-state index contributed by atoms with van der Waals surface area (Å²) in [5.74, 6) is 0. The predicted molar refractivity (Wildman–Crippen MR) is 28.5 cm³/mol. The van der Waals surface area contributed by atoms with E-state index in [4.69, 9.17) is 0 Å². The van der Waals surface area contributed by atoms with Crippen LogP contribution in [0.3, 0.4) is 0 Å². The van der Waals surface area contributed by atoms with E-state index in [-0.39, 0.29) is 19.5 Å². The Kier molecular flexibility index (Phi) is 4.07. The van der Waals surface area contributed by atoms with Gasteiger partial charge in [-0.1, -0.05) is 6.20 Å². The van der Waals surface area contributed by atoms with Gasteiger partial charge in [0.1, 0.15) is 6.29 Å². The molecule has 0 bridgehead atoms. The second kappa shape index (κ2) is 4.33. The van der Waals surface area contributed by atoms with Crippen LogP contribution in [0.2, 0.25) is 0 Å². The summed E-state index contributed by atoms with van der Waals surface area (Å²) >= 11 is 0. The van der Waals surface area contributed by atoms with E-state index in [2.05, 4.69) is 11.2 Å². The number of aromatic nitrogens is 1. The molecule has 0 aliphatic carbocycles. The molecule has 9 heavy (non-hydrogen) atoms. The molecule has 0 aromatic carbocycles. The van der Waals surface area contributed by atoms with Gasteiger partial charge >= 0.3 is 19.5 Å². The molecular formula is C6H4NORh+. The Morgan fingerprint density at radius 3 is 2.78 bits per heavy atom. The van der Waals surface area contributed by atoms with Gasteiger partial charge in [0, 0.05) is 0 Å². The zero-order chi connectivity index (χ0) is 5.82. The number of hydrogen-bond donors (Lipinski definition) is 0. The maximum Gasteiger partial charge on any atom is 2.00 e. The molecule has 0 fully saturated rings. The Hall–Kier alpha value is -0.557. The Labute approximate surface area is 66.1 Å². The van der Waals surface area contributed by atoms with Crippen molar-refractivity contribution in [3.63, 3.8) is 0 Å². The summed E-state index contributed by atoms with van der Waals surface area (Å²) in [5, 5.41) is 0. The van der Waals surface area contributed by atoms with Gasteiger partial charge in [0.05, 0.1) is 0 Å². The van der Waals surface area contributed by atoms with Crippen LogP contribution in [-0.4, -0.2) is 11.3 Å². The summed E-state index contributed by atoms with van der Waals surface area (Å²) in [6.07, 6.45) is 3.22. The largest absolute Gasteiger partial charge is 2.00 e. The molecule has 2 nitrogen and oxygen atoms in total. The van der Waals surface area contributed by atoms with Gasteiger partial charge in [-0.3, -0.25) is 0 Å². The second-order valence-corrected chi connectivity index (χ2v) is 1.31. The fourth-order valence-corrected chi connectivity index (χ4v) is 0.404. The average molecular weight is 209 g/mol. The Bertz CT molecular complexity index is 176. The van der Waals surface area contributed by atoms with Crippen molar-refractivity contribution in [2.24, 2.45) is 0 Å². The molecule has 1 rings (SSSR count). The molecule has 1 radical (unpaired) electrons. The van der Waals surface area contributed by atoms with E-state index in [9.17, 15) is 4.79 Å². The minimum Gasteiger partial charge on any atom is -0.383 e. The molecule has 0 N–H and O–H groups in total. The number of pyridine rings is 1. The summed E-state index contributed by atoms with van der Waals surface area (Å²) in [7, 11) is 0. The first-order valence-corrected chi connectivity index (χ1v) is 2.22. The molecule has 0 saturated heterocycles. The van der Waals surface area contributed by atoms with Crippen LogP contribution in [-0.2, 0) is 19.5 Å². The quantitative estimate of drug-likeness (QED) is 0.387. The Morgan fingerprint density at radius 2 is 2.44 bits per heavy atom. The van der Waals surface area contributed by atoms with E-state index in [0.29, 0.717) is 12.0 Å². The molecule has 47 valence electrons. The van der Waals surface area contributed by atoms with Crippen molar-refractivity contribution in [3.05, 3.63) is 30.1 Å². The van der Waals surface area contributed by atoms with Crippen molar-refractivity contribution in [1.29, 1.82) is 0 Å². The molecule has 1 heterocycles. The molecule has 0 amide bonds. The maximum absolute atomic E-state index is 9.92. The van der Waals surface area contributed by atoms with Gasteiger partial charge in [-0.2, -0.15) is 12.1 Å². The molecule has 1 aromatic rings. The first kappa shape index (κ1) is 8.44. The van der Waals surface area contributed by atoms with Crippen LogP contribution in [0, 0.1) is 6.20 Å². The number of aldehydes is 1. The van der Waals surface area contributed by atoms with E-state index in [1.807, 2.05) is 0 Å². The van der Waals surface area contributed by atoms with E-state index in [1.165, 1.54) is 0 Å². The predicted octanol–water partition coefficient (Wildman–Crippen LogP) is 0.692. The van der Waals surface area contributed by atoms with Crippen molar-refractivity contribution >= 4 is 6.29 Å². The first-order chi connectivity index (χ1) is 3.93. The smallest absolute Gasteiger partial charge is 0.383 e. The topological polar surface area (TPSA) is 30.0 Å². The molecular weight excluding hydrogens is 205 g/mol. The standard InChI is InChI=1S/C6H4NO.Rh/c8-5-6-3-1-2-4-7-6;/h1-3,5H;/q-1;+2. The van der Waals surface area contributed by atoms with E-state index in [0.717, 1.165) is 0 Å². The number of nitrogens with zero attached hydrogens (tertiary/aromatic N) is 1. The van der Waals surface area contributed by atoms with Gasteiger partial charge in [-0.05, 0) is 5.69 Å². The summed E-state index contributed by atoms with van der Waals surface area (Å²) in [4.78, 5) is 13.5. The molecule has 1 aromatic heterocycles. The SMILES string of the molecule is O=Cc1ccc[c-]n1.[Rh+2]. The van der Waals surface area contributed by atoms with Crippen LogP contribution < -0.4 is 0 Å². The molecule has 0 saturated carbocycles. The van der Waals surface area contributed by atoms with Crippen molar-refractivity contribution in [2.45, 2.75) is 0 Å². The number of hydrogen-bond acceptors (Lipinski definition) is 2. The molecule has 0 aliphatic heterocycles. The molecule has 0 atom stereocenters. The normalized spacial score (nSPS) is 7.56. The van der Waals surface area contributed by atoms with Crippen molar-refractivity contribution < 1.29 is 24.3 Å². The maximum atomic E-state index is 9.92. The summed E-state index contributed by atoms with van der Waals surface area (Å²) in [6.45, 7) is 0. The van der Waals surface area contributed by atoms with Gasteiger partial charge in [0.2, 0.25) is 0 Å². The third-order valence-electron chi connectivity index (χ3n) is 0.752. The zero-order valence-corrected chi connectivity index (χ0v) is 6.14. The fourth-order valence-electron chi connectivity index (χ4n) is 0.404. The third-order valence-corrected chi connectivity index (χ3v) is 0.752. The molecule has 0 unspecified atom stereocenters. The third kappa shape index (κ3) is 2.47. The van der Waals surface area contributed by atoms with Crippen molar-refractivity contribution in [2.75, 3.05) is 0 Å². The Balaban J connectivity index is 0.000000640. The fraction of sp³-hybridized carbons (Fsp3) is 0. The van der Waals surface area contributed by atoms with Gasteiger partial charge in [-0.25, -0.2) is 0 Å². The molecule has 3 heteroatoms.